The number of benzene rings is 1. The van der Waals surface area contributed by atoms with Crippen molar-refractivity contribution in [3.05, 3.63) is 35.9 Å². The topological polar surface area (TPSA) is 29.5 Å². The zero-order chi connectivity index (χ0) is 14.5. The van der Waals surface area contributed by atoms with E-state index in [1.807, 2.05) is 43.5 Å². The van der Waals surface area contributed by atoms with Gasteiger partial charge in [-0.2, -0.15) is 0 Å². The third kappa shape index (κ3) is 3.48. The zero-order valence-corrected chi connectivity index (χ0v) is 13.3. The number of rotatable bonds is 4. The summed E-state index contributed by atoms with van der Waals surface area (Å²) in [6.45, 7) is 1.97. The summed E-state index contributed by atoms with van der Waals surface area (Å²) in [5.41, 5.74) is 0.0595. The summed E-state index contributed by atoms with van der Waals surface area (Å²) >= 11 is 6.88. The first-order chi connectivity index (χ1) is 8.97. The Morgan fingerprint density at radius 1 is 1.37 bits per heavy atom. The van der Waals surface area contributed by atoms with Gasteiger partial charge >= 0.3 is 6.09 Å². The molecule has 1 atom stereocenters. The fraction of sp³-hybridized carbons (Fsp3) is 0.429. The van der Waals surface area contributed by atoms with Gasteiger partial charge in [0.05, 0.1) is 4.20 Å². The van der Waals surface area contributed by atoms with Crippen molar-refractivity contribution < 1.29 is 9.53 Å². The molecular weight excluding hydrogens is 278 g/mol. The van der Waals surface area contributed by atoms with Crippen molar-refractivity contribution in [1.82, 2.24) is 4.90 Å². The molecule has 1 rings (SSSR count). The first kappa shape index (κ1) is 16.0. The van der Waals surface area contributed by atoms with Crippen LogP contribution in [0.4, 0.5) is 4.79 Å². The minimum Gasteiger partial charge on any atom is -0.432 e. The summed E-state index contributed by atoms with van der Waals surface area (Å²) in [7, 11) is 3.33. The maximum absolute atomic E-state index is 11.9. The van der Waals surface area contributed by atoms with Crippen molar-refractivity contribution in [1.29, 1.82) is 0 Å². The lowest BCUT2D eigenvalue weighted by Gasteiger charge is -2.33. The summed E-state index contributed by atoms with van der Waals surface area (Å²) < 4.78 is 6.38. The van der Waals surface area contributed by atoms with Crippen LogP contribution >= 0.6 is 24.0 Å². The van der Waals surface area contributed by atoms with Gasteiger partial charge in [0.15, 0.2) is 5.60 Å². The molecule has 0 saturated heterocycles. The highest BCUT2D eigenvalue weighted by atomic mass is 32.2. The summed E-state index contributed by atoms with van der Waals surface area (Å²) in [4.78, 5) is 13.4. The maximum atomic E-state index is 11.9. The lowest BCUT2D eigenvalue weighted by molar-refractivity contribution is 0.0402. The number of carbonyl (C=O) groups excluding carboxylic acids is 1. The number of amides is 1. The second-order valence-corrected chi connectivity index (χ2v) is 5.78. The van der Waals surface area contributed by atoms with E-state index in [9.17, 15) is 4.79 Å². The molecule has 0 aliphatic rings. The Labute approximate surface area is 124 Å². The van der Waals surface area contributed by atoms with Gasteiger partial charge in [0.1, 0.15) is 0 Å². The van der Waals surface area contributed by atoms with E-state index < -0.39 is 5.60 Å². The van der Waals surface area contributed by atoms with Gasteiger partial charge in [-0.1, -0.05) is 49.5 Å². The molecular formula is C14H19NO2S2. The molecule has 0 aliphatic carbocycles. The molecule has 1 aromatic rings. The van der Waals surface area contributed by atoms with E-state index in [2.05, 4.69) is 0 Å². The molecule has 1 aromatic carbocycles. The molecule has 0 heterocycles. The van der Waals surface area contributed by atoms with E-state index in [1.165, 1.54) is 16.7 Å². The van der Waals surface area contributed by atoms with Crippen LogP contribution in [0.3, 0.4) is 0 Å². The van der Waals surface area contributed by atoms with Crippen LogP contribution in [-0.2, 0) is 10.3 Å². The lowest BCUT2D eigenvalue weighted by atomic mass is 9.92. The Morgan fingerprint density at radius 3 is 2.37 bits per heavy atom. The van der Waals surface area contributed by atoms with Gasteiger partial charge in [-0.15, -0.1) is 11.8 Å². The second kappa shape index (κ2) is 6.91. The van der Waals surface area contributed by atoms with Crippen molar-refractivity contribution in [2.24, 2.45) is 0 Å². The predicted molar refractivity (Wildman–Crippen MR) is 84.7 cm³/mol. The normalized spacial score (nSPS) is 13.5. The molecule has 0 saturated carbocycles. The minimum atomic E-state index is -0.850. The molecule has 0 aromatic heterocycles. The van der Waals surface area contributed by atoms with Crippen molar-refractivity contribution in [2.75, 3.05) is 20.4 Å². The Bertz CT molecular complexity index is 448. The molecule has 1 amide bonds. The average molecular weight is 297 g/mol. The second-order valence-electron chi connectivity index (χ2n) is 4.30. The van der Waals surface area contributed by atoms with Gasteiger partial charge in [-0.05, 0) is 12.7 Å². The SMILES string of the molecule is CCC(OC(=O)N(C)C)(C(=S)SC)c1ccccc1. The van der Waals surface area contributed by atoms with Crippen molar-refractivity contribution in [3.63, 3.8) is 0 Å². The number of thiocarbonyl (C=S) groups is 1. The number of thioether (sulfide) groups is 1. The molecule has 3 nitrogen and oxygen atoms in total. The number of hydrogen-bond acceptors (Lipinski definition) is 4. The van der Waals surface area contributed by atoms with Crippen LogP contribution in [0.1, 0.15) is 18.9 Å². The summed E-state index contributed by atoms with van der Waals surface area (Å²) in [5, 5.41) is 0. The van der Waals surface area contributed by atoms with Crippen molar-refractivity contribution in [2.45, 2.75) is 18.9 Å². The van der Waals surface area contributed by atoms with Gasteiger partial charge in [-0.3, -0.25) is 0 Å². The number of carbonyl (C=O) groups is 1. The molecule has 0 N–H and O–H groups in total. The summed E-state index contributed by atoms with van der Waals surface area (Å²) in [6.07, 6.45) is 2.12. The monoisotopic (exact) mass is 297 g/mol. The van der Waals surface area contributed by atoms with Crippen molar-refractivity contribution in [3.8, 4) is 0 Å². The van der Waals surface area contributed by atoms with Crippen LogP contribution in [0.2, 0.25) is 0 Å². The third-order valence-electron chi connectivity index (χ3n) is 2.88. The van der Waals surface area contributed by atoms with E-state index in [0.29, 0.717) is 10.6 Å². The van der Waals surface area contributed by atoms with Gasteiger partial charge in [0, 0.05) is 19.7 Å². The van der Waals surface area contributed by atoms with Gasteiger partial charge < -0.3 is 9.64 Å². The molecule has 0 fully saturated rings. The van der Waals surface area contributed by atoms with Crippen LogP contribution in [0.15, 0.2) is 30.3 Å². The van der Waals surface area contributed by atoms with E-state index in [-0.39, 0.29) is 6.09 Å². The molecule has 19 heavy (non-hydrogen) atoms. The summed E-state index contributed by atoms with van der Waals surface area (Å²) in [6, 6.07) is 9.65. The molecule has 1 unspecified atom stereocenters. The predicted octanol–water partition coefficient (Wildman–Crippen LogP) is 3.68. The number of nitrogens with zero attached hydrogens (tertiary/aromatic N) is 1. The van der Waals surface area contributed by atoms with Gasteiger partial charge in [0.25, 0.3) is 0 Å². The molecule has 0 bridgehead atoms. The largest absolute Gasteiger partial charge is 0.432 e. The standard InChI is InChI=1S/C14H19NO2S2/c1-5-14(12(18)19-4,17-13(16)15(2)3)11-9-7-6-8-10-11/h6-10H,5H2,1-4H3. The molecule has 0 radical (unpaired) electrons. The van der Waals surface area contributed by atoms with E-state index in [4.69, 9.17) is 17.0 Å². The van der Waals surface area contributed by atoms with E-state index >= 15 is 0 Å². The average Bonchev–Trinajstić information content (AvgIpc) is 2.44. The van der Waals surface area contributed by atoms with Crippen LogP contribution in [0, 0.1) is 0 Å². The van der Waals surface area contributed by atoms with Crippen LogP contribution in [0.5, 0.6) is 0 Å². The first-order valence-corrected chi connectivity index (χ1v) is 7.65. The van der Waals surface area contributed by atoms with E-state index in [1.54, 1.807) is 14.1 Å². The van der Waals surface area contributed by atoms with Crippen LogP contribution in [-0.4, -0.2) is 35.5 Å². The Balaban J connectivity index is 3.23. The fourth-order valence-electron chi connectivity index (χ4n) is 1.75. The lowest BCUT2D eigenvalue weighted by Crippen LogP contribution is -2.40. The van der Waals surface area contributed by atoms with Crippen LogP contribution < -0.4 is 0 Å². The Hall–Kier alpha value is -1.07. The van der Waals surface area contributed by atoms with Gasteiger partial charge in [-0.25, -0.2) is 4.79 Å². The Morgan fingerprint density at radius 2 is 1.95 bits per heavy atom. The van der Waals surface area contributed by atoms with Crippen molar-refractivity contribution >= 4 is 34.3 Å². The summed E-state index contributed by atoms with van der Waals surface area (Å²) in [5.74, 6) is 0. The van der Waals surface area contributed by atoms with Crippen LogP contribution in [0.25, 0.3) is 0 Å². The Kier molecular flexibility index (Phi) is 5.82. The quantitative estimate of drug-likeness (QED) is 0.793. The van der Waals surface area contributed by atoms with Gasteiger partial charge in [0.2, 0.25) is 0 Å². The molecule has 104 valence electrons. The first-order valence-electron chi connectivity index (χ1n) is 6.02. The third-order valence-corrected chi connectivity index (χ3v) is 4.41. The zero-order valence-electron chi connectivity index (χ0n) is 11.7. The molecule has 0 spiro atoms. The highest BCUT2D eigenvalue weighted by molar-refractivity contribution is 8.22. The maximum Gasteiger partial charge on any atom is 0.410 e. The minimum absolute atomic E-state index is 0.387. The number of ether oxygens (including phenoxy) is 1. The smallest absolute Gasteiger partial charge is 0.410 e. The molecule has 0 aliphatic heterocycles. The van der Waals surface area contributed by atoms with E-state index in [0.717, 1.165) is 5.56 Å². The highest BCUT2D eigenvalue weighted by Gasteiger charge is 2.39. The number of hydrogen-bond donors (Lipinski definition) is 0. The highest BCUT2D eigenvalue weighted by Crippen LogP contribution is 2.35. The fourth-order valence-corrected chi connectivity index (χ4v) is 2.69. The molecule has 5 heteroatoms.